The molecule has 1 saturated heterocycles. The summed E-state index contributed by atoms with van der Waals surface area (Å²) < 4.78 is 6.19. The maximum atomic E-state index is 6.19. The van der Waals surface area contributed by atoms with Gasteiger partial charge in [-0.25, -0.2) is 9.97 Å². The number of ether oxygens (including phenoxy) is 1. The van der Waals surface area contributed by atoms with E-state index in [-0.39, 0.29) is 6.10 Å². The topological polar surface area (TPSA) is 130 Å². The first-order valence-corrected chi connectivity index (χ1v) is 12.2. The van der Waals surface area contributed by atoms with Crippen LogP contribution in [0.3, 0.4) is 0 Å². The molecule has 7 rings (SSSR count). The maximum absolute atomic E-state index is 6.19. The summed E-state index contributed by atoms with van der Waals surface area (Å²) >= 11 is 0. The Bertz CT molecular complexity index is 1700. The van der Waals surface area contributed by atoms with Gasteiger partial charge in [0.25, 0.3) is 0 Å². The number of piperidine rings is 1. The Morgan fingerprint density at radius 2 is 1.76 bits per heavy atom. The Labute approximate surface area is 211 Å². The van der Waals surface area contributed by atoms with Gasteiger partial charge in [-0.1, -0.05) is 0 Å². The van der Waals surface area contributed by atoms with Crippen molar-refractivity contribution in [2.45, 2.75) is 18.9 Å². The number of fused-ring (bicyclic) bond motifs is 2. The SMILES string of the molecule is c1cc(-c2ccnc3nc(-c4n[nH]c5cnc(-c6cncc(OC7CCNCC7)c6)cc45)[nH]c23)ccn1. The van der Waals surface area contributed by atoms with E-state index in [0.717, 1.165) is 70.5 Å². The molecule has 6 aromatic heterocycles. The van der Waals surface area contributed by atoms with Gasteiger partial charge in [-0.15, -0.1) is 0 Å². The van der Waals surface area contributed by atoms with E-state index in [2.05, 4.69) is 40.4 Å². The number of nitrogens with one attached hydrogen (secondary N) is 3. The zero-order valence-corrected chi connectivity index (χ0v) is 19.8. The van der Waals surface area contributed by atoms with Gasteiger partial charge in [0.15, 0.2) is 11.5 Å². The standard InChI is InChI=1S/C27H23N9O/c1-6-28-7-2-16(1)20-5-10-31-26-24(20)33-27(34-26)25-21-12-22(32-15-23(21)35-36-25)17-11-19(14-30-13-17)37-18-3-8-29-9-4-18/h1-2,5-7,10-15,18,29H,3-4,8-9H2,(H,35,36)(H,31,33,34). The fourth-order valence-electron chi connectivity index (χ4n) is 4.78. The van der Waals surface area contributed by atoms with E-state index in [1.807, 2.05) is 30.3 Å². The average molecular weight is 490 g/mol. The highest BCUT2D eigenvalue weighted by Crippen LogP contribution is 2.32. The highest BCUT2D eigenvalue weighted by atomic mass is 16.5. The van der Waals surface area contributed by atoms with Crippen molar-refractivity contribution < 1.29 is 4.74 Å². The molecule has 0 amide bonds. The second-order valence-corrected chi connectivity index (χ2v) is 9.04. The monoisotopic (exact) mass is 489 g/mol. The van der Waals surface area contributed by atoms with Crippen molar-refractivity contribution in [1.82, 2.24) is 45.4 Å². The molecule has 1 aliphatic heterocycles. The van der Waals surface area contributed by atoms with Crippen molar-refractivity contribution in [3.05, 3.63) is 67.5 Å². The summed E-state index contributed by atoms with van der Waals surface area (Å²) in [6, 6.07) is 9.90. The van der Waals surface area contributed by atoms with Crippen molar-refractivity contribution in [2.24, 2.45) is 0 Å². The molecule has 0 spiro atoms. The first kappa shape index (κ1) is 21.6. The highest BCUT2D eigenvalue weighted by Gasteiger charge is 2.18. The van der Waals surface area contributed by atoms with E-state index in [4.69, 9.17) is 9.72 Å². The predicted molar refractivity (Wildman–Crippen MR) is 140 cm³/mol. The van der Waals surface area contributed by atoms with Crippen LogP contribution in [0.2, 0.25) is 0 Å². The number of imidazole rings is 1. The lowest BCUT2D eigenvalue weighted by Crippen LogP contribution is -2.34. The van der Waals surface area contributed by atoms with Crippen LogP contribution in [0.15, 0.2) is 67.5 Å². The normalized spacial score (nSPS) is 14.4. The zero-order valence-electron chi connectivity index (χ0n) is 19.8. The summed E-state index contributed by atoms with van der Waals surface area (Å²) in [6.07, 6.45) is 12.8. The molecule has 7 heterocycles. The van der Waals surface area contributed by atoms with Crippen molar-refractivity contribution in [3.63, 3.8) is 0 Å². The Morgan fingerprint density at radius 1 is 0.865 bits per heavy atom. The van der Waals surface area contributed by atoms with E-state index in [1.165, 1.54) is 0 Å². The van der Waals surface area contributed by atoms with Gasteiger partial charge in [-0.05, 0) is 61.8 Å². The second kappa shape index (κ2) is 9.07. The predicted octanol–water partition coefficient (Wildman–Crippen LogP) is 4.15. The molecule has 10 nitrogen and oxygen atoms in total. The van der Waals surface area contributed by atoms with Crippen LogP contribution in [0, 0.1) is 0 Å². The zero-order chi connectivity index (χ0) is 24.6. The molecule has 0 aromatic carbocycles. The van der Waals surface area contributed by atoms with Crippen LogP contribution < -0.4 is 10.1 Å². The largest absolute Gasteiger partial charge is 0.489 e. The maximum Gasteiger partial charge on any atom is 0.178 e. The number of pyridine rings is 4. The molecule has 182 valence electrons. The molecule has 10 heteroatoms. The van der Waals surface area contributed by atoms with Gasteiger partial charge >= 0.3 is 0 Å². The number of rotatable bonds is 5. The molecular weight excluding hydrogens is 466 g/mol. The average Bonchev–Trinajstić information content (AvgIpc) is 3.58. The smallest absolute Gasteiger partial charge is 0.178 e. The number of aromatic amines is 2. The fraction of sp³-hybridized carbons (Fsp3) is 0.185. The highest BCUT2D eigenvalue weighted by molar-refractivity contribution is 5.96. The lowest BCUT2D eigenvalue weighted by atomic mass is 10.1. The van der Waals surface area contributed by atoms with Crippen LogP contribution in [0.5, 0.6) is 5.75 Å². The quantitative estimate of drug-likeness (QED) is 0.329. The molecule has 3 N–H and O–H groups in total. The minimum Gasteiger partial charge on any atom is -0.489 e. The summed E-state index contributed by atoms with van der Waals surface area (Å²) in [7, 11) is 0. The summed E-state index contributed by atoms with van der Waals surface area (Å²) in [6.45, 7) is 1.95. The Hall–Kier alpha value is -4.70. The lowest BCUT2D eigenvalue weighted by Gasteiger charge is -2.23. The number of H-pyrrole nitrogens is 2. The minimum absolute atomic E-state index is 0.202. The van der Waals surface area contributed by atoms with Gasteiger partial charge in [0.2, 0.25) is 0 Å². The molecule has 0 aliphatic carbocycles. The van der Waals surface area contributed by atoms with E-state index < -0.39 is 0 Å². The van der Waals surface area contributed by atoms with Crippen molar-refractivity contribution in [1.29, 1.82) is 0 Å². The van der Waals surface area contributed by atoms with E-state index in [9.17, 15) is 0 Å². The van der Waals surface area contributed by atoms with Crippen LogP contribution in [-0.4, -0.2) is 59.3 Å². The van der Waals surface area contributed by atoms with Gasteiger partial charge in [0.1, 0.15) is 17.5 Å². The van der Waals surface area contributed by atoms with Crippen molar-refractivity contribution in [3.8, 4) is 39.7 Å². The molecule has 0 saturated carbocycles. The lowest BCUT2D eigenvalue weighted by molar-refractivity contribution is 0.162. The van der Waals surface area contributed by atoms with Gasteiger partial charge in [-0.3, -0.25) is 20.1 Å². The van der Waals surface area contributed by atoms with Crippen LogP contribution in [-0.2, 0) is 0 Å². The van der Waals surface area contributed by atoms with Crippen molar-refractivity contribution >= 4 is 22.1 Å². The number of hydrogen-bond acceptors (Lipinski definition) is 8. The summed E-state index contributed by atoms with van der Waals surface area (Å²) in [5, 5.41) is 11.9. The summed E-state index contributed by atoms with van der Waals surface area (Å²) in [5.74, 6) is 1.39. The van der Waals surface area contributed by atoms with Crippen LogP contribution in [0.25, 0.3) is 56.0 Å². The molecular formula is C27H23N9O. The molecule has 37 heavy (non-hydrogen) atoms. The molecule has 0 atom stereocenters. The summed E-state index contributed by atoms with van der Waals surface area (Å²) in [5.41, 5.74) is 6.70. The Balaban J connectivity index is 1.26. The van der Waals surface area contributed by atoms with E-state index in [1.54, 1.807) is 37.2 Å². The number of aromatic nitrogens is 8. The fourth-order valence-corrected chi connectivity index (χ4v) is 4.78. The summed E-state index contributed by atoms with van der Waals surface area (Å²) in [4.78, 5) is 25.8. The minimum atomic E-state index is 0.202. The third-order valence-electron chi connectivity index (χ3n) is 6.65. The Kier molecular flexibility index (Phi) is 5.29. The van der Waals surface area contributed by atoms with Crippen LogP contribution in [0.1, 0.15) is 12.8 Å². The van der Waals surface area contributed by atoms with Gasteiger partial charge in [-0.2, -0.15) is 5.10 Å². The molecule has 0 radical (unpaired) electrons. The molecule has 0 unspecified atom stereocenters. The second-order valence-electron chi connectivity index (χ2n) is 9.04. The van der Waals surface area contributed by atoms with Gasteiger partial charge < -0.3 is 15.0 Å². The first-order valence-electron chi connectivity index (χ1n) is 12.2. The third-order valence-corrected chi connectivity index (χ3v) is 6.65. The molecule has 0 bridgehead atoms. The van der Waals surface area contributed by atoms with Gasteiger partial charge in [0, 0.05) is 41.3 Å². The van der Waals surface area contributed by atoms with Crippen molar-refractivity contribution in [2.75, 3.05) is 13.1 Å². The first-order chi connectivity index (χ1) is 18.3. The van der Waals surface area contributed by atoms with E-state index in [0.29, 0.717) is 17.2 Å². The van der Waals surface area contributed by atoms with E-state index >= 15 is 0 Å². The van der Waals surface area contributed by atoms with Crippen LogP contribution in [0.4, 0.5) is 0 Å². The molecule has 1 aliphatic rings. The molecule has 6 aromatic rings. The number of hydrogen-bond donors (Lipinski definition) is 3. The number of nitrogens with zero attached hydrogens (tertiary/aromatic N) is 6. The molecule has 1 fully saturated rings. The third kappa shape index (κ3) is 4.07. The Morgan fingerprint density at radius 3 is 2.65 bits per heavy atom. The van der Waals surface area contributed by atoms with Gasteiger partial charge in [0.05, 0.1) is 29.1 Å². The van der Waals surface area contributed by atoms with Crippen LogP contribution >= 0.6 is 0 Å².